The van der Waals surface area contributed by atoms with E-state index in [1.165, 1.54) is 112 Å². The highest BCUT2D eigenvalue weighted by Crippen LogP contribution is 2.66. The largest absolute Gasteiger partial charge is 0.310 e. The van der Waals surface area contributed by atoms with Crippen molar-refractivity contribution in [2.45, 2.75) is 24.7 Å². The molecule has 13 rings (SSSR count). The van der Waals surface area contributed by atoms with Crippen molar-refractivity contribution in [3.63, 3.8) is 0 Å². The highest BCUT2D eigenvalue weighted by molar-refractivity contribution is 6.02. The molecule has 3 aliphatic rings. The molecule has 65 heavy (non-hydrogen) atoms. The maximum Gasteiger partial charge on any atom is 0.0746 e. The average molecular weight is 828 g/mol. The molecular formula is C64H45N. The minimum absolute atomic E-state index is 0.158. The first kappa shape index (κ1) is 37.5. The van der Waals surface area contributed by atoms with Gasteiger partial charge in [-0.15, -0.1) is 0 Å². The zero-order valence-corrected chi connectivity index (χ0v) is 36.5. The van der Waals surface area contributed by atoms with Crippen LogP contribution in [0.4, 0.5) is 17.1 Å². The second-order valence-corrected chi connectivity index (χ2v) is 18.3. The topological polar surface area (TPSA) is 3.24 Å². The van der Waals surface area contributed by atoms with Gasteiger partial charge in [0.2, 0.25) is 0 Å². The first-order valence-corrected chi connectivity index (χ1v) is 22.8. The van der Waals surface area contributed by atoms with Gasteiger partial charge in [-0.1, -0.05) is 220 Å². The van der Waals surface area contributed by atoms with Crippen LogP contribution in [0.5, 0.6) is 0 Å². The SMILES string of the molecule is CC1(C)c2ccccc2-c2c(N(c3ccc(-c4cc(-c5ccccc5)ccc4-c4ccccc4)cc3)c3cccc4c3C3(c5ccccc5-c5ccccc53)c3ccccc3-4)cccc21. The Bertz CT molecular complexity index is 3440. The molecule has 0 radical (unpaired) electrons. The van der Waals surface area contributed by atoms with E-state index >= 15 is 0 Å². The lowest BCUT2D eigenvalue weighted by atomic mass is 9.70. The number of anilines is 3. The van der Waals surface area contributed by atoms with Gasteiger partial charge >= 0.3 is 0 Å². The second kappa shape index (κ2) is 14.3. The van der Waals surface area contributed by atoms with Gasteiger partial charge in [0.25, 0.3) is 0 Å². The number of fused-ring (bicyclic) bond motifs is 13. The van der Waals surface area contributed by atoms with Crippen molar-refractivity contribution in [1.29, 1.82) is 0 Å². The summed E-state index contributed by atoms with van der Waals surface area (Å²) in [5.74, 6) is 0. The quantitative estimate of drug-likeness (QED) is 0.161. The Labute approximate surface area is 381 Å². The van der Waals surface area contributed by atoms with Crippen LogP contribution in [0, 0.1) is 0 Å². The molecule has 10 aromatic rings. The van der Waals surface area contributed by atoms with Gasteiger partial charge in [0.05, 0.1) is 16.8 Å². The molecule has 0 N–H and O–H groups in total. The lowest BCUT2D eigenvalue weighted by Gasteiger charge is -2.36. The highest BCUT2D eigenvalue weighted by atomic mass is 15.2. The zero-order valence-electron chi connectivity index (χ0n) is 36.5. The van der Waals surface area contributed by atoms with Crippen molar-refractivity contribution >= 4 is 17.1 Å². The van der Waals surface area contributed by atoms with E-state index in [2.05, 4.69) is 255 Å². The summed E-state index contributed by atoms with van der Waals surface area (Å²) in [4.78, 5) is 2.59. The molecule has 10 aromatic carbocycles. The fraction of sp³-hybridized carbons (Fsp3) is 0.0625. The minimum atomic E-state index is -0.522. The Morgan fingerprint density at radius 2 is 0.754 bits per heavy atom. The fourth-order valence-corrected chi connectivity index (χ4v) is 11.9. The summed E-state index contributed by atoms with van der Waals surface area (Å²) < 4.78 is 0. The first-order valence-electron chi connectivity index (χ1n) is 22.8. The van der Waals surface area contributed by atoms with Crippen LogP contribution in [-0.2, 0) is 10.8 Å². The summed E-state index contributed by atoms with van der Waals surface area (Å²) in [5.41, 5.74) is 25.9. The van der Waals surface area contributed by atoms with Gasteiger partial charge in [-0.05, 0) is 119 Å². The molecule has 306 valence electrons. The third kappa shape index (κ3) is 5.33. The van der Waals surface area contributed by atoms with Crippen LogP contribution in [0.1, 0.15) is 47.2 Å². The third-order valence-electron chi connectivity index (χ3n) is 14.7. The number of rotatable bonds is 6. The van der Waals surface area contributed by atoms with Crippen molar-refractivity contribution in [3.05, 3.63) is 270 Å². The van der Waals surface area contributed by atoms with E-state index < -0.39 is 5.41 Å². The molecule has 0 saturated heterocycles. The number of hydrogen-bond acceptors (Lipinski definition) is 1. The molecule has 0 atom stereocenters. The van der Waals surface area contributed by atoms with Crippen LogP contribution in [-0.4, -0.2) is 0 Å². The van der Waals surface area contributed by atoms with Gasteiger partial charge in [-0.2, -0.15) is 0 Å². The number of nitrogens with zero attached hydrogens (tertiary/aromatic N) is 1. The summed E-state index contributed by atoms with van der Waals surface area (Å²) in [6.45, 7) is 4.76. The smallest absolute Gasteiger partial charge is 0.0746 e. The Kier molecular flexibility index (Phi) is 8.24. The predicted molar refractivity (Wildman–Crippen MR) is 271 cm³/mol. The second-order valence-electron chi connectivity index (χ2n) is 18.3. The van der Waals surface area contributed by atoms with Crippen LogP contribution in [0.15, 0.2) is 237 Å². The maximum atomic E-state index is 2.59. The van der Waals surface area contributed by atoms with Crippen molar-refractivity contribution in [2.24, 2.45) is 0 Å². The van der Waals surface area contributed by atoms with Gasteiger partial charge < -0.3 is 4.90 Å². The standard InChI is InChI=1S/C64H45N/c1-63(2)54-28-13-12-26-52(54)61-58(63)32-18-33-59(61)65(46-38-35-44(36-39-46)53-41-45(42-19-5-3-6-20-42)37-40-47(53)43-21-7-4-8-22-43)60-34-17-27-51-50-25-11-16-31-57(50)64(62(51)60)55-29-14-9-23-48(55)49-24-10-15-30-56(49)64/h3-41H,1-2H3. The zero-order chi connectivity index (χ0) is 43.3. The Morgan fingerprint density at radius 1 is 0.292 bits per heavy atom. The van der Waals surface area contributed by atoms with Gasteiger partial charge in [0, 0.05) is 22.2 Å². The summed E-state index contributed by atoms with van der Waals surface area (Å²) in [6, 6.07) is 88.3. The van der Waals surface area contributed by atoms with E-state index in [-0.39, 0.29) is 5.41 Å². The summed E-state index contributed by atoms with van der Waals surface area (Å²) in [6.07, 6.45) is 0. The van der Waals surface area contributed by atoms with Gasteiger partial charge in [-0.3, -0.25) is 0 Å². The number of hydrogen-bond donors (Lipinski definition) is 0. The van der Waals surface area contributed by atoms with E-state index in [9.17, 15) is 0 Å². The monoisotopic (exact) mass is 827 g/mol. The molecule has 0 heterocycles. The van der Waals surface area contributed by atoms with E-state index in [1.54, 1.807) is 0 Å². The molecule has 0 saturated carbocycles. The summed E-state index contributed by atoms with van der Waals surface area (Å²) in [7, 11) is 0. The molecule has 1 nitrogen and oxygen atoms in total. The van der Waals surface area contributed by atoms with Crippen LogP contribution in [0.25, 0.3) is 66.8 Å². The van der Waals surface area contributed by atoms with Crippen LogP contribution in [0.2, 0.25) is 0 Å². The van der Waals surface area contributed by atoms with Crippen molar-refractivity contribution < 1.29 is 0 Å². The fourth-order valence-electron chi connectivity index (χ4n) is 11.9. The molecule has 0 aromatic heterocycles. The predicted octanol–water partition coefficient (Wildman–Crippen LogP) is 16.8. The highest BCUT2D eigenvalue weighted by Gasteiger charge is 2.53. The summed E-state index contributed by atoms with van der Waals surface area (Å²) in [5, 5.41) is 0. The number of benzene rings is 10. The summed E-state index contributed by atoms with van der Waals surface area (Å²) >= 11 is 0. The molecule has 0 bridgehead atoms. The molecule has 1 heteroatoms. The molecule has 0 fully saturated rings. The molecule has 3 aliphatic carbocycles. The normalized spacial score (nSPS) is 13.9. The molecule has 0 unspecified atom stereocenters. The van der Waals surface area contributed by atoms with E-state index in [4.69, 9.17) is 0 Å². The molecule has 0 amide bonds. The average Bonchev–Trinajstić information content (AvgIpc) is 3.94. The maximum absolute atomic E-state index is 2.59. The molecular weight excluding hydrogens is 783 g/mol. The Morgan fingerprint density at radius 3 is 1.40 bits per heavy atom. The van der Waals surface area contributed by atoms with E-state index in [1.807, 2.05) is 0 Å². The van der Waals surface area contributed by atoms with Crippen molar-refractivity contribution in [2.75, 3.05) is 4.90 Å². The minimum Gasteiger partial charge on any atom is -0.310 e. The van der Waals surface area contributed by atoms with Gasteiger partial charge in [0.1, 0.15) is 0 Å². The third-order valence-corrected chi connectivity index (χ3v) is 14.7. The Balaban J connectivity index is 1.09. The van der Waals surface area contributed by atoms with Crippen molar-refractivity contribution in [1.82, 2.24) is 0 Å². The van der Waals surface area contributed by atoms with Crippen LogP contribution in [0.3, 0.4) is 0 Å². The Hall–Kier alpha value is -8.00. The molecule has 1 spiro atoms. The first-order chi connectivity index (χ1) is 32.0. The lowest BCUT2D eigenvalue weighted by Crippen LogP contribution is -2.28. The van der Waals surface area contributed by atoms with Crippen LogP contribution < -0.4 is 4.90 Å². The molecule has 0 aliphatic heterocycles. The van der Waals surface area contributed by atoms with Crippen LogP contribution >= 0.6 is 0 Å². The lowest BCUT2D eigenvalue weighted by molar-refractivity contribution is 0.660. The van der Waals surface area contributed by atoms with Gasteiger partial charge in [0.15, 0.2) is 0 Å². The van der Waals surface area contributed by atoms with Crippen molar-refractivity contribution in [3.8, 4) is 66.8 Å². The van der Waals surface area contributed by atoms with E-state index in [0.29, 0.717) is 0 Å². The van der Waals surface area contributed by atoms with Gasteiger partial charge in [-0.25, -0.2) is 0 Å². The van der Waals surface area contributed by atoms with E-state index in [0.717, 1.165) is 5.69 Å².